The van der Waals surface area contributed by atoms with Crippen molar-refractivity contribution in [2.75, 3.05) is 16.4 Å². The van der Waals surface area contributed by atoms with Crippen molar-refractivity contribution < 1.29 is 54.9 Å². The van der Waals surface area contributed by atoms with Gasteiger partial charge >= 0.3 is 12.6 Å². The smallest absolute Gasteiger partial charge is 0.395 e. The van der Waals surface area contributed by atoms with Crippen LogP contribution < -0.4 is 30.0 Å². The summed E-state index contributed by atoms with van der Waals surface area (Å²) in [5, 5.41) is 1.94. The van der Waals surface area contributed by atoms with Gasteiger partial charge in [0.25, 0.3) is 11.1 Å². The molecule has 2 aliphatic heterocycles. The van der Waals surface area contributed by atoms with Crippen LogP contribution in [0.1, 0.15) is 39.3 Å². The molecule has 0 spiro atoms. The lowest BCUT2D eigenvalue weighted by atomic mass is 10.0. The van der Waals surface area contributed by atoms with Crippen LogP contribution in [-0.4, -0.2) is 39.0 Å². The molecule has 4 heterocycles. The summed E-state index contributed by atoms with van der Waals surface area (Å²) < 4.78 is 96.4. The molecule has 8 rings (SSSR count). The number of anilines is 2. The minimum Gasteiger partial charge on any atom is -0.395 e. The maximum atomic E-state index is 13.7. The minimum absolute atomic E-state index is 0. The monoisotopic (exact) mass is 908 g/mol. The molecule has 0 fully saturated rings. The van der Waals surface area contributed by atoms with Gasteiger partial charge in [-0.2, -0.15) is 0 Å². The Bertz CT molecular complexity index is 2500. The molecule has 0 radical (unpaired) electrons. The summed E-state index contributed by atoms with van der Waals surface area (Å²) in [7, 11) is 0. The maximum absolute atomic E-state index is 13.7. The van der Waals surface area contributed by atoms with Crippen LogP contribution in [0.25, 0.3) is 22.3 Å². The molecule has 6 aromatic rings. The van der Waals surface area contributed by atoms with Crippen molar-refractivity contribution in [3.63, 3.8) is 0 Å². The fourth-order valence-electron chi connectivity index (χ4n) is 5.46. The average molecular weight is 910 g/mol. The molecule has 1 amide bonds. The summed E-state index contributed by atoms with van der Waals surface area (Å²) in [5.41, 5.74) is 9.57. The number of pyridine rings is 2. The van der Waals surface area contributed by atoms with Crippen LogP contribution in [0, 0.1) is 25.5 Å². The van der Waals surface area contributed by atoms with E-state index in [0.29, 0.717) is 22.5 Å². The van der Waals surface area contributed by atoms with Crippen LogP contribution in [0.2, 0.25) is 0 Å². The molecule has 0 aliphatic carbocycles. The number of hydrogen-bond donors (Lipinski definition) is 2. The van der Waals surface area contributed by atoms with E-state index < -0.39 is 35.4 Å². The van der Waals surface area contributed by atoms with Crippen LogP contribution in [0.3, 0.4) is 0 Å². The number of rotatable bonds is 5. The highest BCUT2D eigenvalue weighted by atomic mass is 35.5. The van der Waals surface area contributed by atoms with Gasteiger partial charge < -0.3 is 30.0 Å². The first-order valence-electron chi connectivity index (χ1n) is 17.0. The second-order valence-electron chi connectivity index (χ2n) is 12.3. The summed E-state index contributed by atoms with van der Waals surface area (Å²) in [5.74, 6) is -1.27. The Hall–Kier alpha value is -6.23. The number of nitrogens with zero attached hydrogens (tertiary/aromatic N) is 2. The predicted octanol–water partition coefficient (Wildman–Crippen LogP) is 12.0. The number of aromatic nitrogens is 2. The summed E-state index contributed by atoms with van der Waals surface area (Å²) in [6.45, 7) is 3.54. The van der Waals surface area contributed by atoms with Crippen molar-refractivity contribution in [3.8, 4) is 45.3 Å². The summed E-state index contributed by atoms with van der Waals surface area (Å²) in [4.78, 5) is 30.6. The zero-order valence-electron chi connectivity index (χ0n) is 30.9. The molecule has 320 valence electrons. The molecule has 0 saturated carbocycles. The predicted molar refractivity (Wildman–Crippen MR) is 220 cm³/mol. The Morgan fingerprint density at radius 2 is 1.07 bits per heavy atom. The number of benzene rings is 4. The van der Waals surface area contributed by atoms with E-state index in [2.05, 4.69) is 34.2 Å². The topological polar surface area (TPSA) is 135 Å². The fourth-order valence-corrected chi connectivity index (χ4v) is 5.61. The number of amides is 1. The van der Waals surface area contributed by atoms with Gasteiger partial charge in [0.05, 0.1) is 16.5 Å². The third-order valence-electron chi connectivity index (χ3n) is 8.11. The van der Waals surface area contributed by atoms with Crippen LogP contribution in [-0.2, 0) is 0 Å². The number of carbonyl (C=O) groups excluding carboxylic acids is 2. The number of ether oxygens (including phenoxy) is 4. The van der Waals surface area contributed by atoms with Gasteiger partial charge in [0.15, 0.2) is 23.0 Å². The van der Waals surface area contributed by atoms with E-state index >= 15 is 0 Å². The molecule has 0 atom stereocenters. The lowest BCUT2D eigenvalue weighted by molar-refractivity contribution is -0.287. The number of hydrogen-bond acceptors (Lipinski definition) is 9. The quantitative estimate of drug-likeness (QED) is 0.0984. The molecule has 2 aliphatic rings. The molecule has 0 saturated heterocycles. The number of fused-ring (bicyclic) bond motifs is 2. The maximum Gasteiger partial charge on any atom is 0.586 e. The SMILES string of the molecule is C.Cc1cc2c(cc1-c1ccc(N)nc1)OC(F)(F)O2.Cc1cc2c(cc1-c1ccc(NC(=O)c3ccccc3F)nc1)OC(F)(F)O2.ClCCl.O=C(Cl)c1ccccc1F. The minimum atomic E-state index is -3.69. The highest BCUT2D eigenvalue weighted by Crippen LogP contribution is 2.45. The van der Waals surface area contributed by atoms with Crippen molar-refractivity contribution >= 4 is 57.6 Å². The first kappa shape index (κ1) is 47.4. The van der Waals surface area contributed by atoms with Gasteiger partial charge in [-0.05, 0) is 120 Å². The van der Waals surface area contributed by atoms with Crippen LogP contribution >= 0.6 is 34.8 Å². The Morgan fingerprint density at radius 1 is 0.656 bits per heavy atom. The Labute approximate surface area is 360 Å². The standard InChI is InChI=1S/C20H13F3N2O3.C13H10F2N2O2.C7H4ClFO.CH2Cl2.CH4/c1-11-8-16-17(28-20(22,23)27-16)9-14(11)12-6-7-18(24-10-12)25-19(26)13-4-2-3-5-15(13)21;1-7-4-10-11(19-13(14,15)18-10)5-9(7)8-2-3-12(16)17-6-8;8-7(10)5-3-1-2-4-6(5)9;2-1-3;/h2-10H,1H3,(H,24,25,26);2-6H,1H3,(H2,16,17);1-4H;1H2;1H4. The number of nitrogens with two attached hydrogens (primary N) is 1. The van der Waals surface area contributed by atoms with E-state index in [0.717, 1.165) is 16.7 Å². The van der Waals surface area contributed by atoms with Crippen LogP contribution in [0.15, 0.2) is 109 Å². The number of aryl methyl sites for hydroxylation is 2. The molecule has 10 nitrogen and oxygen atoms in total. The highest BCUT2D eigenvalue weighted by molar-refractivity contribution is 6.67. The van der Waals surface area contributed by atoms with E-state index in [4.69, 9.17) is 40.5 Å². The number of nitrogen functional groups attached to an aromatic ring is 1. The molecule has 2 aromatic heterocycles. The summed E-state index contributed by atoms with van der Waals surface area (Å²) in [6, 6.07) is 23.7. The zero-order valence-corrected chi connectivity index (χ0v) is 33.2. The third-order valence-corrected chi connectivity index (χ3v) is 8.32. The van der Waals surface area contributed by atoms with E-state index in [1.165, 1.54) is 72.9 Å². The van der Waals surface area contributed by atoms with E-state index in [-0.39, 0.29) is 52.7 Å². The van der Waals surface area contributed by atoms with Gasteiger partial charge in [0, 0.05) is 23.5 Å². The van der Waals surface area contributed by atoms with Crippen molar-refractivity contribution in [1.29, 1.82) is 0 Å². The fraction of sp³-hybridized carbons (Fsp3) is 0.143. The summed E-state index contributed by atoms with van der Waals surface area (Å²) >= 11 is 14.6. The van der Waals surface area contributed by atoms with Crippen molar-refractivity contribution in [2.45, 2.75) is 33.9 Å². The molecular weight excluding hydrogens is 877 g/mol. The van der Waals surface area contributed by atoms with E-state index in [1.807, 2.05) is 0 Å². The largest absolute Gasteiger partial charge is 0.586 e. The van der Waals surface area contributed by atoms with Gasteiger partial charge in [-0.3, -0.25) is 9.59 Å². The second kappa shape index (κ2) is 20.4. The number of nitrogens with one attached hydrogen (secondary N) is 1. The Kier molecular flexibility index (Phi) is 15.8. The van der Waals surface area contributed by atoms with Gasteiger partial charge in [0.2, 0.25) is 0 Å². The number of carbonyl (C=O) groups is 2. The van der Waals surface area contributed by atoms with E-state index in [1.54, 1.807) is 50.4 Å². The molecule has 19 heteroatoms. The van der Waals surface area contributed by atoms with Crippen molar-refractivity contribution in [1.82, 2.24) is 9.97 Å². The number of halogens is 9. The van der Waals surface area contributed by atoms with Crippen LogP contribution in [0.5, 0.6) is 23.0 Å². The molecular formula is C42H33Cl3F6N4O6. The first-order chi connectivity index (χ1) is 28.4. The second-order valence-corrected chi connectivity index (χ2v) is 13.4. The van der Waals surface area contributed by atoms with E-state index in [9.17, 15) is 35.9 Å². The third kappa shape index (κ3) is 12.4. The van der Waals surface area contributed by atoms with Crippen molar-refractivity contribution in [3.05, 3.63) is 143 Å². The van der Waals surface area contributed by atoms with Gasteiger partial charge in [-0.1, -0.05) is 31.7 Å². The van der Waals surface area contributed by atoms with Crippen molar-refractivity contribution in [2.24, 2.45) is 0 Å². The zero-order chi connectivity index (χ0) is 43.8. The lowest BCUT2D eigenvalue weighted by Crippen LogP contribution is -2.25. The normalized spacial score (nSPS) is 13.1. The van der Waals surface area contributed by atoms with Crippen LogP contribution in [0.4, 0.5) is 38.0 Å². The average Bonchev–Trinajstić information content (AvgIpc) is 3.67. The molecule has 0 unspecified atom stereocenters. The van der Waals surface area contributed by atoms with Gasteiger partial charge in [-0.25, -0.2) is 18.7 Å². The van der Waals surface area contributed by atoms with Gasteiger partial charge in [-0.15, -0.1) is 40.8 Å². The van der Waals surface area contributed by atoms with Gasteiger partial charge in [0.1, 0.15) is 23.3 Å². The first-order valence-corrected chi connectivity index (χ1v) is 18.5. The highest BCUT2D eigenvalue weighted by Gasteiger charge is 2.44. The molecule has 0 bridgehead atoms. The Balaban J connectivity index is 0.000000214. The number of alkyl halides is 6. The molecule has 61 heavy (non-hydrogen) atoms. The Morgan fingerprint density at radius 3 is 1.44 bits per heavy atom. The molecule has 3 N–H and O–H groups in total. The molecule has 4 aromatic carbocycles. The lowest BCUT2D eigenvalue weighted by Gasteiger charge is -2.09. The summed E-state index contributed by atoms with van der Waals surface area (Å²) in [6.07, 6.45) is -4.24.